The van der Waals surface area contributed by atoms with Crippen molar-refractivity contribution in [3.63, 3.8) is 0 Å². The van der Waals surface area contributed by atoms with Crippen molar-refractivity contribution in [2.75, 3.05) is 5.32 Å². The lowest BCUT2D eigenvalue weighted by Crippen LogP contribution is -2.47. The first-order valence-corrected chi connectivity index (χ1v) is 8.25. The molecule has 0 saturated carbocycles. The van der Waals surface area contributed by atoms with E-state index in [2.05, 4.69) is 43.5 Å². The summed E-state index contributed by atoms with van der Waals surface area (Å²) in [7, 11) is 0. The summed E-state index contributed by atoms with van der Waals surface area (Å²) in [6, 6.07) is 6.03. The van der Waals surface area contributed by atoms with E-state index in [0.29, 0.717) is 18.8 Å². The van der Waals surface area contributed by atoms with Crippen LogP contribution in [-0.4, -0.2) is 17.9 Å². The van der Waals surface area contributed by atoms with Crippen molar-refractivity contribution in [1.29, 1.82) is 0 Å². The van der Waals surface area contributed by atoms with Gasteiger partial charge < -0.3 is 5.32 Å². The molecule has 1 heterocycles. The molecule has 2 amide bonds. The van der Waals surface area contributed by atoms with Crippen molar-refractivity contribution in [2.45, 2.75) is 58.9 Å². The lowest BCUT2D eigenvalue weighted by Gasteiger charge is -2.23. The predicted molar refractivity (Wildman–Crippen MR) is 88.8 cm³/mol. The largest absolute Gasteiger partial charge is 0.374 e. The highest BCUT2D eigenvalue weighted by Gasteiger charge is 2.26. The Hall–Kier alpha value is -1.84. The van der Waals surface area contributed by atoms with Crippen LogP contribution in [-0.2, 0) is 22.4 Å². The van der Waals surface area contributed by atoms with Gasteiger partial charge in [-0.25, -0.2) is 0 Å². The Balaban J connectivity index is 2.09. The van der Waals surface area contributed by atoms with E-state index in [1.807, 2.05) is 6.07 Å². The molecule has 0 aliphatic carbocycles. The maximum absolute atomic E-state index is 11.8. The second-order valence-electron chi connectivity index (χ2n) is 6.20. The molecule has 1 aliphatic heterocycles. The van der Waals surface area contributed by atoms with Gasteiger partial charge in [-0.05, 0) is 48.4 Å². The molecule has 1 aromatic rings. The van der Waals surface area contributed by atoms with Gasteiger partial charge in [-0.1, -0.05) is 33.3 Å². The number of imide groups is 1. The molecule has 22 heavy (non-hydrogen) atoms. The molecule has 120 valence electrons. The van der Waals surface area contributed by atoms with Gasteiger partial charge in [0.25, 0.3) is 0 Å². The lowest BCUT2D eigenvalue weighted by atomic mass is 9.93. The fraction of sp³-hybridized carbons (Fsp3) is 0.556. The van der Waals surface area contributed by atoms with Crippen molar-refractivity contribution in [3.05, 3.63) is 29.3 Å². The molecule has 1 aromatic carbocycles. The SMILES string of the molecule is CCc1cc(NC2CCC(=O)NC2=O)ccc1CC(C)CC. The molecule has 2 unspecified atom stereocenters. The molecule has 0 bridgehead atoms. The van der Waals surface area contributed by atoms with E-state index >= 15 is 0 Å². The number of amides is 2. The van der Waals surface area contributed by atoms with Crippen LogP contribution in [0.1, 0.15) is 51.2 Å². The van der Waals surface area contributed by atoms with E-state index in [1.54, 1.807) is 0 Å². The summed E-state index contributed by atoms with van der Waals surface area (Å²) in [6.07, 6.45) is 4.21. The molecule has 2 rings (SSSR count). The third-order valence-electron chi connectivity index (χ3n) is 4.43. The minimum atomic E-state index is -0.317. The number of benzene rings is 1. The first-order chi connectivity index (χ1) is 10.5. The van der Waals surface area contributed by atoms with Crippen molar-refractivity contribution in [1.82, 2.24) is 5.32 Å². The first-order valence-electron chi connectivity index (χ1n) is 8.25. The minimum Gasteiger partial charge on any atom is -0.374 e. The van der Waals surface area contributed by atoms with Gasteiger partial charge in [-0.2, -0.15) is 0 Å². The van der Waals surface area contributed by atoms with Gasteiger partial charge in [0.2, 0.25) is 11.8 Å². The van der Waals surface area contributed by atoms with Gasteiger partial charge in [0.1, 0.15) is 6.04 Å². The normalized spacial score (nSPS) is 19.7. The molecule has 1 fully saturated rings. The fourth-order valence-electron chi connectivity index (χ4n) is 2.80. The van der Waals surface area contributed by atoms with Gasteiger partial charge in [0.15, 0.2) is 0 Å². The topological polar surface area (TPSA) is 58.2 Å². The van der Waals surface area contributed by atoms with Gasteiger partial charge in [0.05, 0.1) is 0 Å². The van der Waals surface area contributed by atoms with Gasteiger partial charge in [0, 0.05) is 12.1 Å². The highest BCUT2D eigenvalue weighted by molar-refractivity contribution is 6.01. The smallest absolute Gasteiger partial charge is 0.249 e. The van der Waals surface area contributed by atoms with E-state index in [0.717, 1.165) is 18.5 Å². The third-order valence-corrected chi connectivity index (χ3v) is 4.43. The number of nitrogens with one attached hydrogen (secondary N) is 2. The van der Waals surface area contributed by atoms with E-state index in [-0.39, 0.29) is 17.9 Å². The standard InChI is InChI=1S/C18H26N2O2/c1-4-12(3)10-14-6-7-15(11-13(14)5-2)19-16-8-9-17(21)20-18(16)22/h6-7,11-12,16,19H,4-5,8-10H2,1-3H3,(H,20,21,22). The number of hydrogen-bond acceptors (Lipinski definition) is 3. The Kier molecular flexibility index (Phi) is 5.58. The van der Waals surface area contributed by atoms with Crippen LogP contribution >= 0.6 is 0 Å². The lowest BCUT2D eigenvalue weighted by molar-refractivity contribution is -0.133. The average Bonchev–Trinajstić information content (AvgIpc) is 2.51. The summed E-state index contributed by atoms with van der Waals surface area (Å²) in [5.74, 6) is 0.276. The number of aryl methyl sites for hydroxylation is 1. The predicted octanol–water partition coefficient (Wildman–Crippen LogP) is 3.05. The molecule has 1 saturated heterocycles. The van der Waals surface area contributed by atoms with Gasteiger partial charge >= 0.3 is 0 Å². The summed E-state index contributed by atoms with van der Waals surface area (Å²) in [5.41, 5.74) is 3.68. The quantitative estimate of drug-likeness (QED) is 0.794. The summed E-state index contributed by atoms with van der Waals surface area (Å²) < 4.78 is 0. The molecule has 4 heteroatoms. The Morgan fingerprint density at radius 2 is 2.05 bits per heavy atom. The zero-order chi connectivity index (χ0) is 16.1. The van der Waals surface area contributed by atoms with Crippen LogP contribution in [0.2, 0.25) is 0 Å². The summed E-state index contributed by atoms with van der Waals surface area (Å²) in [4.78, 5) is 23.0. The van der Waals surface area contributed by atoms with Crippen molar-refractivity contribution >= 4 is 17.5 Å². The number of rotatable bonds is 6. The van der Waals surface area contributed by atoms with Crippen LogP contribution in [0, 0.1) is 5.92 Å². The maximum Gasteiger partial charge on any atom is 0.249 e. The summed E-state index contributed by atoms with van der Waals surface area (Å²) in [5, 5.41) is 5.64. The monoisotopic (exact) mass is 302 g/mol. The van der Waals surface area contributed by atoms with Crippen molar-refractivity contribution in [2.24, 2.45) is 5.92 Å². The zero-order valence-electron chi connectivity index (χ0n) is 13.7. The van der Waals surface area contributed by atoms with Crippen LogP contribution in [0.25, 0.3) is 0 Å². The molecule has 1 aliphatic rings. The highest BCUT2D eigenvalue weighted by atomic mass is 16.2. The Labute approximate surface area is 132 Å². The van der Waals surface area contributed by atoms with E-state index in [1.165, 1.54) is 17.5 Å². The van der Waals surface area contributed by atoms with E-state index in [9.17, 15) is 9.59 Å². The number of piperidine rings is 1. The van der Waals surface area contributed by atoms with Crippen molar-refractivity contribution < 1.29 is 9.59 Å². The van der Waals surface area contributed by atoms with Crippen LogP contribution in [0.4, 0.5) is 5.69 Å². The molecule has 2 atom stereocenters. The number of carbonyl (C=O) groups excluding carboxylic acids is 2. The molecule has 0 aromatic heterocycles. The molecular weight excluding hydrogens is 276 g/mol. The Morgan fingerprint density at radius 3 is 2.68 bits per heavy atom. The van der Waals surface area contributed by atoms with E-state index in [4.69, 9.17) is 0 Å². The summed E-state index contributed by atoms with van der Waals surface area (Å²) >= 11 is 0. The van der Waals surface area contributed by atoms with Crippen molar-refractivity contribution in [3.8, 4) is 0 Å². The number of hydrogen-bond donors (Lipinski definition) is 2. The van der Waals surface area contributed by atoms with Crippen LogP contribution in [0.5, 0.6) is 0 Å². The molecule has 0 spiro atoms. The van der Waals surface area contributed by atoms with Crippen LogP contribution in [0.15, 0.2) is 18.2 Å². The first kappa shape index (κ1) is 16.5. The van der Waals surface area contributed by atoms with Crippen LogP contribution in [0.3, 0.4) is 0 Å². The molecule has 4 nitrogen and oxygen atoms in total. The van der Waals surface area contributed by atoms with Gasteiger partial charge in [-0.15, -0.1) is 0 Å². The molecule has 0 radical (unpaired) electrons. The minimum absolute atomic E-state index is 0.179. The molecule has 2 N–H and O–H groups in total. The zero-order valence-corrected chi connectivity index (χ0v) is 13.7. The Morgan fingerprint density at radius 1 is 1.27 bits per heavy atom. The Bertz CT molecular complexity index is 554. The second kappa shape index (κ2) is 7.43. The third kappa shape index (κ3) is 4.09. The molecular formula is C18H26N2O2. The average molecular weight is 302 g/mol. The maximum atomic E-state index is 11.8. The number of carbonyl (C=O) groups is 2. The highest BCUT2D eigenvalue weighted by Crippen LogP contribution is 2.22. The second-order valence-corrected chi connectivity index (χ2v) is 6.20. The van der Waals surface area contributed by atoms with Crippen LogP contribution < -0.4 is 10.6 Å². The van der Waals surface area contributed by atoms with E-state index < -0.39 is 0 Å². The summed E-state index contributed by atoms with van der Waals surface area (Å²) in [6.45, 7) is 6.65. The number of anilines is 1. The van der Waals surface area contributed by atoms with Gasteiger partial charge in [-0.3, -0.25) is 14.9 Å². The fourth-order valence-corrected chi connectivity index (χ4v) is 2.80.